The Morgan fingerprint density at radius 1 is 1.33 bits per heavy atom. The van der Waals surface area contributed by atoms with Gasteiger partial charge in [0.05, 0.1) is 0 Å². The molecule has 2 heteroatoms. The van der Waals surface area contributed by atoms with Gasteiger partial charge in [-0.1, -0.05) is 31.9 Å². The van der Waals surface area contributed by atoms with E-state index >= 15 is 0 Å². The van der Waals surface area contributed by atoms with Crippen molar-refractivity contribution in [1.82, 2.24) is 0 Å². The predicted octanol–water partition coefficient (Wildman–Crippen LogP) is 5.10. The van der Waals surface area contributed by atoms with Gasteiger partial charge in [-0.3, -0.25) is 0 Å². The van der Waals surface area contributed by atoms with E-state index in [0.29, 0.717) is 5.92 Å². The summed E-state index contributed by atoms with van der Waals surface area (Å²) in [7, 11) is 0. The molecule has 0 N–H and O–H groups in total. The molecule has 2 aliphatic rings. The summed E-state index contributed by atoms with van der Waals surface area (Å²) < 4.78 is -0.469. The SMILES string of the molecule is CC/C=C1\CCCC[C@@]12[C@H](CC)C2(Cl)Cl. The molecule has 0 nitrogen and oxygen atoms in total. The monoisotopic (exact) mass is 246 g/mol. The van der Waals surface area contributed by atoms with Gasteiger partial charge in [0.2, 0.25) is 0 Å². The van der Waals surface area contributed by atoms with Crippen LogP contribution in [0.2, 0.25) is 0 Å². The van der Waals surface area contributed by atoms with Crippen molar-refractivity contribution in [2.75, 3.05) is 0 Å². The summed E-state index contributed by atoms with van der Waals surface area (Å²) in [4.78, 5) is 0. The minimum atomic E-state index is -0.469. The van der Waals surface area contributed by atoms with Gasteiger partial charge in [0, 0.05) is 11.3 Å². The van der Waals surface area contributed by atoms with Gasteiger partial charge >= 0.3 is 0 Å². The van der Waals surface area contributed by atoms with E-state index in [4.69, 9.17) is 23.2 Å². The maximum absolute atomic E-state index is 6.50. The minimum Gasteiger partial charge on any atom is -0.100 e. The summed E-state index contributed by atoms with van der Waals surface area (Å²) in [6, 6.07) is 0. The standard InChI is InChI=1S/C13H20Cl2/c1-3-7-10-8-5-6-9-12(10)11(4-2)13(12,14)15/h7,11H,3-6,8-9H2,1-2H3/b10-7+/t11-,12-/m0/s1. The molecule has 0 heterocycles. The number of hydrogen-bond acceptors (Lipinski definition) is 0. The van der Waals surface area contributed by atoms with Crippen LogP contribution in [-0.4, -0.2) is 4.33 Å². The van der Waals surface area contributed by atoms with E-state index in [9.17, 15) is 0 Å². The van der Waals surface area contributed by atoms with Gasteiger partial charge in [-0.25, -0.2) is 0 Å². The lowest BCUT2D eigenvalue weighted by Crippen LogP contribution is -2.18. The summed E-state index contributed by atoms with van der Waals surface area (Å²) >= 11 is 13.0. The third kappa shape index (κ3) is 1.48. The zero-order chi connectivity index (χ0) is 11.1. The average Bonchev–Trinajstić information content (AvgIpc) is 2.67. The molecule has 1 spiro atoms. The molecule has 0 radical (unpaired) electrons. The van der Waals surface area contributed by atoms with Crippen LogP contribution in [0.4, 0.5) is 0 Å². The van der Waals surface area contributed by atoms with E-state index < -0.39 is 4.33 Å². The lowest BCUT2D eigenvalue weighted by atomic mass is 9.78. The lowest BCUT2D eigenvalue weighted by Gasteiger charge is -2.27. The highest BCUT2D eigenvalue weighted by atomic mass is 35.5. The Hall–Kier alpha value is 0.320. The molecule has 2 saturated carbocycles. The quantitative estimate of drug-likeness (QED) is 0.470. The highest BCUT2D eigenvalue weighted by Gasteiger charge is 2.75. The Bertz CT molecular complexity index is 280. The molecular weight excluding hydrogens is 227 g/mol. The molecule has 0 aromatic rings. The van der Waals surface area contributed by atoms with Gasteiger partial charge in [-0.15, -0.1) is 23.2 Å². The molecule has 0 amide bonds. The molecular formula is C13H20Cl2. The number of hydrogen-bond donors (Lipinski definition) is 0. The average molecular weight is 247 g/mol. The molecule has 15 heavy (non-hydrogen) atoms. The van der Waals surface area contributed by atoms with Crippen LogP contribution >= 0.6 is 23.2 Å². The molecule has 0 unspecified atom stereocenters. The van der Waals surface area contributed by atoms with Crippen LogP contribution in [0.25, 0.3) is 0 Å². The van der Waals surface area contributed by atoms with Crippen LogP contribution in [0.1, 0.15) is 52.4 Å². The van der Waals surface area contributed by atoms with Crippen LogP contribution in [0, 0.1) is 11.3 Å². The Morgan fingerprint density at radius 3 is 2.60 bits per heavy atom. The van der Waals surface area contributed by atoms with E-state index in [2.05, 4.69) is 19.9 Å². The Morgan fingerprint density at radius 2 is 2.07 bits per heavy atom. The van der Waals surface area contributed by atoms with Crippen LogP contribution in [0.15, 0.2) is 11.6 Å². The van der Waals surface area contributed by atoms with Gasteiger partial charge in [0.25, 0.3) is 0 Å². The van der Waals surface area contributed by atoms with Crippen LogP contribution in [0.5, 0.6) is 0 Å². The van der Waals surface area contributed by atoms with E-state index in [-0.39, 0.29) is 5.41 Å². The maximum atomic E-state index is 6.50. The second kappa shape index (κ2) is 3.96. The largest absolute Gasteiger partial charge is 0.131 e. The molecule has 2 atom stereocenters. The molecule has 0 saturated heterocycles. The van der Waals surface area contributed by atoms with Gasteiger partial charge < -0.3 is 0 Å². The summed E-state index contributed by atoms with van der Waals surface area (Å²) in [5.74, 6) is 0.492. The molecule has 2 fully saturated rings. The van der Waals surface area contributed by atoms with Gasteiger partial charge in [-0.05, 0) is 32.1 Å². The fraction of sp³-hybridized carbons (Fsp3) is 0.846. The summed E-state index contributed by atoms with van der Waals surface area (Å²) in [6.07, 6.45) is 9.60. The van der Waals surface area contributed by atoms with E-state index in [0.717, 1.165) is 12.8 Å². The fourth-order valence-corrected chi connectivity index (χ4v) is 4.82. The first-order chi connectivity index (χ1) is 7.11. The van der Waals surface area contributed by atoms with Gasteiger partial charge in [0.15, 0.2) is 0 Å². The number of alkyl halides is 2. The predicted molar refractivity (Wildman–Crippen MR) is 67.5 cm³/mol. The Labute approximate surface area is 103 Å². The number of allylic oxidation sites excluding steroid dienone is 2. The first-order valence-electron chi connectivity index (χ1n) is 6.18. The minimum absolute atomic E-state index is 0.152. The zero-order valence-corrected chi connectivity index (χ0v) is 11.2. The van der Waals surface area contributed by atoms with Crippen molar-refractivity contribution in [3.05, 3.63) is 11.6 Å². The number of halogens is 2. The zero-order valence-electron chi connectivity index (χ0n) is 9.65. The van der Waals surface area contributed by atoms with Crippen molar-refractivity contribution < 1.29 is 0 Å². The second-order valence-electron chi connectivity index (χ2n) is 4.90. The highest BCUT2D eigenvalue weighted by Crippen LogP contribution is 2.77. The molecule has 86 valence electrons. The molecule has 0 aromatic carbocycles. The van der Waals surface area contributed by atoms with Crippen molar-refractivity contribution >= 4 is 23.2 Å². The van der Waals surface area contributed by atoms with Crippen molar-refractivity contribution in [3.63, 3.8) is 0 Å². The first kappa shape index (κ1) is 11.8. The van der Waals surface area contributed by atoms with Gasteiger partial charge in [0.1, 0.15) is 4.33 Å². The molecule has 2 aliphatic carbocycles. The molecule has 0 bridgehead atoms. The normalized spacial score (nSPS) is 41.1. The van der Waals surface area contributed by atoms with Crippen molar-refractivity contribution in [3.8, 4) is 0 Å². The summed E-state index contributed by atoms with van der Waals surface area (Å²) in [5, 5.41) is 0. The molecule has 2 rings (SSSR count). The maximum Gasteiger partial charge on any atom is 0.131 e. The summed E-state index contributed by atoms with van der Waals surface area (Å²) in [5.41, 5.74) is 1.70. The summed E-state index contributed by atoms with van der Waals surface area (Å²) in [6.45, 7) is 4.40. The second-order valence-corrected chi connectivity index (χ2v) is 6.29. The van der Waals surface area contributed by atoms with Crippen molar-refractivity contribution in [2.45, 2.75) is 56.7 Å². The highest BCUT2D eigenvalue weighted by molar-refractivity contribution is 6.52. The van der Waals surface area contributed by atoms with Crippen molar-refractivity contribution in [1.29, 1.82) is 0 Å². The fourth-order valence-electron chi connectivity index (χ4n) is 3.55. The van der Waals surface area contributed by atoms with Crippen molar-refractivity contribution in [2.24, 2.45) is 11.3 Å². The third-order valence-electron chi connectivity index (χ3n) is 4.24. The van der Waals surface area contributed by atoms with E-state index in [1.165, 1.54) is 25.7 Å². The molecule has 0 aliphatic heterocycles. The topological polar surface area (TPSA) is 0 Å². The lowest BCUT2D eigenvalue weighted by molar-refractivity contribution is 0.394. The Kier molecular flexibility index (Phi) is 3.12. The number of rotatable bonds is 2. The first-order valence-corrected chi connectivity index (χ1v) is 6.94. The van der Waals surface area contributed by atoms with E-state index in [1.807, 2.05) is 0 Å². The van der Waals surface area contributed by atoms with Crippen LogP contribution in [-0.2, 0) is 0 Å². The van der Waals surface area contributed by atoms with E-state index in [1.54, 1.807) is 5.57 Å². The van der Waals surface area contributed by atoms with Crippen LogP contribution < -0.4 is 0 Å². The third-order valence-corrected chi connectivity index (χ3v) is 5.44. The smallest absolute Gasteiger partial charge is 0.100 e. The van der Waals surface area contributed by atoms with Crippen LogP contribution in [0.3, 0.4) is 0 Å². The Balaban J connectivity index is 2.30. The van der Waals surface area contributed by atoms with Gasteiger partial charge in [-0.2, -0.15) is 0 Å². The molecule has 0 aromatic heterocycles.